The Morgan fingerprint density at radius 2 is 1.71 bits per heavy atom. The lowest BCUT2D eigenvalue weighted by Crippen LogP contribution is -1.92. The summed E-state index contributed by atoms with van der Waals surface area (Å²) in [6, 6.07) is 16.0. The van der Waals surface area contributed by atoms with Crippen LogP contribution in [0.3, 0.4) is 0 Å². The lowest BCUT2D eigenvalue weighted by atomic mass is 10.0. The van der Waals surface area contributed by atoms with Crippen molar-refractivity contribution < 1.29 is 0 Å². The van der Waals surface area contributed by atoms with Crippen molar-refractivity contribution in [3.8, 4) is 11.3 Å². The first-order chi connectivity index (χ1) is 11.5. The van der Waals surface area contributed by atoms with E-state index < -0.39 is 0 Å². The molecule has 3 aromatic rings. The monoisotopic (exact) mass is 374 g/mol. The molecule has 3 rings (SSSR count). The molecule has 0 aliphatic carbocycles. The molecular weight excluding hydrogens is 359 g/mol. The molecule has 1 heterocycles. The van der Waals surface area contributed by atoms with Gasteiger partial charge in [-0.3, -0.25) is 0 Å². The van der Waals surface area contributed by atoms with E-state index in [4.69, 9.17) is 23.2 Å². The van der Waals surface area contributed by atoms with E-state index in [-0.39, 0.29) is 0 Å². The molecule has 0 aliphatic rings. The fraction of sp³-hybridized carbons (Fsp3) is 0.158. The van der Waals surface area contributed by atoms with E-state index in [1.165, 1.54) is 11.1 Å². The molecular formula is C19H16Cl2N2S. The first kappa shape index (κ1) is 17.3. The van der Waals surface area contributed by atoms with Gasteiger partial charge in [0, 0.05) is 11.3 Å². The van der Waals surface area contributed by atoms with Crippen LogP contribution in [-0.4, -0.2) is 10.2 Å². The van der Waals surface area contributed by atoms with Crippen LogP contribution in [0.25, 0.3) is 11.3 Å². The molecule has 0 aliphatic heterocycles. The molecule has 0 atom stereocenters. The molecule has 0 saturated carbocycles. The fourth-order valence-electron chi connectivity index (χ4n) is 2.43. The summed E-state index contributed by atoms with van der Waals surface area (Å²) in [5.41, 5.74) is 5.58. The summed E-state index contributed by atoms with van der Waals surface area (Å²) in [6.07, 6.45) is 0. The minimum absolute atomic E-state index is 0.572. The van der Waals surface area contributed by atoms with Gasteiger partial charge in [0.1, 0.15) is 5.03 Å². The Kier molecular flexibility index (Phi) is 5.44. The molecule has 0 radical (unpaired) electrons. The second kappa shape index (κ2) is 7.56. The average Bonchev–Trinajstić information content (AvgIpc) is 2.57. The maximum absolute atomic E-state index is 6.04. The van der Waals surface area contributed by atoms with Crippen LogP contribution in [0.15, 0.2) is 53.6 Å². The van der Waals surface area contributed by atoms with Crippen LogP contribution in [0.2, 0.25) is 10.0 Å². The second-order valence-electron chi connectivity index (χ2n) is 5.61. The number of aromatic nitrogens is 2. The van der Waals surface area contributed by atoms with E-state index in [0.29, 0.717) is 10.0 Å². The van der Waals surface area contributed by atoms with Gasteiger partial charge in [-0.05, 0) is 49.2 Å². The third-order valence-electron chi connectivity index (χ3n) is 3.67. The van der Waals surface area contributed by atoms with E-state index in [1.807, 2.05) is 30.3 Å². The van der Waals surface area contributed by atoms with Gasteiger partial charge in [0.2, 0.25) is 0 Å². The van der Waals surface area contributed by atoms with Crippen LogP contribution >= 0.6 is 35.0 Å². The molecule has 122 valence electrons. The number of rotatable bonds is 4. The van der Waals surface area contributed by atoms with Gasteiger partial charge >= 0.3 is 0 Å². The zero-order chi connectivity index (χ0) is 17.1. The number of hydrogen-bond acceptors (Lipinski definition) is 3. The molecule has 0 saturated heterocycles. The van der Waals surface area contributed by atoms with Crippen molar-refractivity contribution in [1.82, 2.24) is 10.2 Å². The Hall–Kier alpha value is -1.55. The molecule has 24 heavy (non-hydrogen) atoms. The van der Waals surface area contributed by atoms with E-state index in [2.05, 4.69) is 42.2 Å². The van der Waals surface area contributed by atoms with Gasteiger partial charge in [0.05, 0.1) is 15.7 Å². The van der Waals surface area contributed by atoms with Crippen LogP contribution in [0.4, 0.5) is 0 Å². The minimum atomic E-state index is 0.572. The van der Waals surface area contributed by atoms with Crippen molar-refractivity contribution in [1.29, 1.82) is 0 Å². The summed E-state index contributed by atoms with van der Waals surface area (Å²) >= 11 is 13.6. The summed E-state index contributed by atoms with van der Waals surface area (Å²) in [6.45, 7) is 4.18. The van der Waals surface area contributed by atoms with Crippen molar-refractivity contribution in [3.05, 3.63) is 75.3 Å². The third-order valence-corrected chi connectivity index (χ3v) is 5.40. The Morgan fingerprint density at radius 3 is 2.38 bits per heavy atom. The summed E-state index contributed by atoms with van der Waals surface area (Å²) in [5.74, 6) is 0.772. The molecule has 2 aromatic carbocycles. The Balaban J connectivity index is 1.71. The van der Waals surface area contributed by atoms with Crippen molar-refractivity contribution >= 4 is 35.0 Å². The molecule has 0 bridgehead atoms. The summed E-state index contributed by atoms with van der Waals surface area (Å²) in [5, 5.41) is 10.7. The lowest BCUT2D eigenvalue weighted by molar-refractivity contribution is 0.934. The van der Waals surface area contributed by atoms with Gasteiger partial charge in [-0.25, -0.2) is 0 Å². The zero-order valence-corrected chi connectivity index (χ0v) is 15.7. The highest BCUT2D eigenvalue weighted by Crippen LogP contribution is 2.28. The number of nitrogens with zero attached hydrogens (tertiary/aromatic N) is 2. The van der Waals surface area contributed by atoms with Crippen molar-refractivity contribution in [2.45, 2.75) is 24.6 Å². The van der Waals surface area contributed by atoms with Crippen LogP contribution in [-0.2, 0) is 5.75 Å². The third kappa shape index (κ3) is 4.10. The molecule has 0 spiro atoms. The predicted molar refractivity (Wildman–Crippen MR) is 103 cm³/mol. The Morgan fingerprint density at radius 1 is 0.875 bits per heavy atom. The van der Waals surface area contributed by atoms with E-state index in [1.54, 1.807) is 11.8 Å². The van der Waals surface area contributed by atoms with Gasteiger partial charge in [0.15, 0.2) is 0 Å². The first-order valence-electron chi connectivity index (χ1n) is 7.51. The van der Waals surface area contributed by atoms with Crippen molar-refractivity contribution in [2.75, 3.05) is 0 Å². The summed E-state index contributed by atoms with van der Waals surface area (Å²) in [4.78, 5) is 0. The Labute approximate surface area is 156 Å². The normalized spacial score (nSPS) is 10.8. The van der Waals surface area contributed by atoms with E-state index >= 15 is 0 Å². The van der Waals surface area contributed by atoms with Gasteiger partial charge in [0.25, 0.3) is 0 Å². The van der Waals surface area contributed by atoms with E-state index in [9.17, 15) is 0 Å². The zero-order valence-electron chi connectivity index (χ0n) is 13.4. The maximum Gasteiger partial charge on any atom is 0.119 e. The van der Waals surface area contributed by atoms with Crippen molar-refractivity contribution in [3.63, 3.8) is 0 Å². The molecule has 0 N–H and O–H groups in total. The van der Waals surface area contributed by atoms with Crippen LogP contribution in [0, 0.1) is 13.8 Å². The number of thioether (sulfide) groups is 1. The molecule has 1 aromatic heterocycles. The smallest absolute Gasteiger partial charge is 0.119 e. The number of hydrogen-bond donors (Lipinski definition) is 0. The summed E-state index contributed by atoms with van der Waals surface area (Å²) < 4.78 is 0. The quantitative estimate of drug-likeness (QED) is 0.496. The largest absolute Gasteiger partial charge is 0.149 e. The molecule has 0 amide bonds. The molecule has 5 heteroatoms. The highest BCUT2D eigenvalue weighted by atomic mass is 35.5. The lowest BCUT2D eigenvalue weighted by Gasteiger charge is -2.07. The highest BCUT2D eigenvalue weighted by Gasteiger charge is 2.06. The van der Waals surface area contributed by atoms with Crippen LogP contribution in [0.5, 0.6) is 0 Å². The van der Waals surface area contributed by atoms with Crippen LogP contribution < -0.4 is 0 Å². The topological polar surface area (TPSA) is 25.8 Å². The van der Waals surface area contributed by atoms with Gasteiger partial charge < -0.3 is 0 Å². The van der Waals surface area contributed by atoms with Gasteiger partial charge in [-0.15, -0.1) is 10.2 Å². The van der Waals surface area contributed by atoms with Gasteiger partial charge in [-0.1, -0.05) is 64.8 Å². The predicted octanol–water partition coefficient (Wildman–Crippen LogP) is 6.36. The number of aryl methyl sites for hydroxylation is 2. The Bertz CT molecular complexity index is 864. The van der Waals surface area contributed by atoms with Crippen molar-refractivity contribution in [2.24, 2.45) is 0 Å². The summed E-state index contributed by atoms with van der Waals surface area (Å²) in [7, 11) is 0. The SMILES string of the molecule is Cc1ccc(-c2ccc(SCc3ccc(Cl)c(Cl)c3)nn2)c(C)c1. The fourth-order valence-corrected chi connectivity index (χ4v) is 3.51. The molecule has 0 fully saturated rings. The molecule has 0 unspecified atom stereocenters. The van der Waals surface area contributed by atoms with E-state index in [0.717, 1.165) is 27.6 Å². The van der Waals surface area contributed by atoms with Crippen LogP contribution in [0.1, 0.15) is 16.7 Å². The van der Waals surface area contributed by atoms with Gasteiger partial charge in [-0.2, -0.15) is 0 Å². The second-order valence-corrected chi connectivity index (χ2v) is 7.42. The average molecular weight is 375 g/mol. The minimum Gasteiger partial charge on any atom is -0.149 e. The molecule has 2 nitrogen and oxygen atoms in total. The number of benzene rings is 2. The highest BCUT2D eigenvalue weighted by molar-refractivity contribution is 7.98. The standard InChI is InChI=1S/C19H16Cl2N2S/c1-12-3-5-15(13(2)9-12)18-7-8-19(23-22-18)24-11-14-4-6-16(20)17(21)10-14/h3-10H,11H2,1-2H3. The maximum atomic E-state index is 6.04. The first-order valence-corrected chi connectivity index (χ1v) is 9.25. The number of halogens is 2.